The van der Waals surface area contributed by atoms with E-state index in [1.54, 1.807) is 0 Å². The molecule has 1 aliphatic heterocycles. The molecule has 0 spiro atoms. The molecule has 0 amide bonds. The van der Waals surface area contributed by atoms with Gasteiger partial charge in [-0.05, 0) is 89.8 Å². The van der Waals surface area contributed by atoms with E-state index in [9.17, 15) is 0 Å². The summed E-state index contributed by atoms with van der Waals surface area (Å²) in [7, 11) is -0.347. The number of hydrogen-bond acceptors (Lipinski definition) is 2. The number of rotatable bonds is 5. The fraction of sp³-hybridized carbons (Fsp3) is 0.167. The normalized spacial score (nSPS) is 15.8. The second-order valence-corrected chi connectivity index (χ2v) is 11.3. The fourth-order valence-electron chi connectivity index (χ4n) is 5.05. The largest absolute Gasteiger partial charge is 0.494 e. The first-order chi connectivity index (χ1) is 18.8. The van der Waals surface area contributed by atoms with Crippen molar-refractivity contribution in [2.75, 3.05) is 0 Å². The smallest absolute Gasteiger partial charge is 0.399 e. The van der Waals surface area contributed by atoms with Crippen LogP contribution < -0.4 is 5.46 Å². The SMILES string of the molecule is CC1(C)OB(c2ccc(-c3cccc(-c4cccc(-c5ccc(-c6ccccc6)cc5)c4)c3)cc2)OC1(C)C. The predicted octanol–water partition coefficient (Wildman–Crippen LogP) is 8.65. The Labute approximate surface area is 232 Å². The van der Waals surface area contributed by atoms with Crippen LogP contribution in [0.1, 0.15) is 27.7 Å². The van der Waals surface area contributed by atoms with E-state index in [0.29, 0.717) is 0 Å². The molecule has 6 rings (SSSR count). The van der Waals surface area contributed by atoms with Crippen LogP contribution >= 0.6 is 0 Å². The van der Waals surface area contributed by atoms with Gasteiger partial charge >= 0.3 is 7.12 Å². The van der Waals surface area contributed by atoms with Crippen LogP contribution in [0.4, 0.5) is 0 Å². The summed E-state index contributed by atoms with van der Waals surface area (Å²) in [6.07, 6.45) is 0. The van der Waals surface area contributed by atoms with Crippen molar-refractivity contribution in [2.45, 2.75) is 38.9 Å². The van der Waals surface area contributed by atoms with Gasteiger partial charge in [0.25, 0.3) is 0 Å². The molecule has 39 heavy (non-hydrogen) atoms. The van der Waals surface area contributed by atoms with Gasteiger partial charge in [-0.2, -0.15) is 0 Å². The van der Waals surface area contributed by atoms with E-state index in [1.807, 2.05) is 0 Å². The Morgan fingerprint density at radius 3 is 1.18 bits per heavy atom. The molecule has 1 heterocycles. The van der Waals surface area contributed by atoms with Gasteiger partial charge in [0.1, 0.15) is 0 Å². The van der Waals surface area contributed by atoms with Gasteiger partial charge in [0.2, 0.25) is 0 Å². The van der Waals surface area contributed by atoms with E-state index in [1.165, 1.54) is 44.5 Å². The molecule has 1 saturated heterocycles. The van der Waals surface area contributed by atoms with Crippen LogP contribution in [0.3, 0.4) is 0 Å². The summed E-state index contributed by atoms with van der Waals surface area (Å²) in [5.74, 6) is 0. The van der Waals surface area contributed by atoms with Crippen molar-refractivity contribution in [2.24, 2.45) is 0 Å². The fourth-order valence-corrected chi connectivity index (χ4v) is 5.05. The van der Waals surface area contributed by atoms with Gasteiger partial charge in [0, 0.05) is 0 Å². The van der Waals surface area contributed by atoms with Gasteiger partial charge in [-0.1, -0.05) is 115 Å². The highest BCUT2D eigenvalue weighted by atomic mass is 16.7. The molecule has 3 heteroatoms. The monoisotopic (exact) mass is 508 g/mol. The van der Waals surface area contributed by atoms with Gasteiger partial charge in [0.05, 0.1) is 11.2 Å². The summed E-state index contributed by atoms with van der Waals surface area (Å²) in [4.78, 5) is 0. The zero-order chi connectivity index (χ0) is 27.0. The molecule has 0 saturated carbocycles. The molecular weight excluding hydrogens is 475 g/mol. The van der Waals surface area contributed by atoms with Crippen LogP contribution in [-0.2, 0) is 9.31 Å². The Bertz CT molecular complexity index is 1570. The highest BCUT2D eigenvalue weighted by Gasteiger charge is 2.51. The Hall–Kier alpha value is -3.92. The Morgan fingerprint density at radius 1 is 0.385 bits per heavy atom. The van der Waals surface area contributed by atoms with Gasteiger partial charge in [-0.3, -0.25) is 0 Å². The van der Waals surface area contributed by atoms with Crippen LogP contribution in [0.5, 0.6) is 0 Å². The molecule has 0 atom stereocenters. The van der Waals surface area contributed by atoms with Crippen molar-refractivity contribution in [3.63, 3.8) is 0 Å². The molecule has 5 aromatic rings. The Morgan fingerprint density at radius 2 is 0.718 bits per heavy atom. The third-order valence-corrected chi connectivity index (χ3v) is 8.15. The topological polar surface area (TPSA) is 18.5 Å². The second-order valence-electron chi connectivity index (χ2n) is 11.3. The van der Waals surface area contributed by atoms with E-state index < -0.39 is 0 Å². The van der Waals surface area contributed by atoms with Crippen LogP contribution in [0.2, 0.25) is 0 Å². The molecule has 0 unspecified atom stereocenters. The average molecular weight is 508 g/mol. The van der Waals surface area contributed by atoms with Gasteiger partial charge < -0.3 is 9.31 Å². The summed E-state index contributed by atoms with van der Waals surface area (Å²) >= 11 is 0. The van der Waals surface area contributed by atoms with Crippen LogP contribution in [-0.4, -0.2) is 18.3 Å². The third kappa shape index (κ3) is 5.08. The van der Waals surface area contributed by atoms with Crippen molar-refractivity contribution < 1.29 is 9.31 Å². The maximum atomic E-state index is 6.23. The summed E-state index contributed by atoms with van der Waals surface area (Å²) in [5, 5.41) is 0. The van der Waals surface area contributed by atoms with Crippen molar-refractivity contribution in [1.29, 1.82) is 0 Å². The van der Waals surface area contributed by atoms with E-state index in [0.717, 1.165) is 5.46 Å². The number of hydrogen-bond donors (Lipinski definition) is 0. The molecule has 1 fully saturated rings. The van der Waals surface area contributed by atoms with E-state index in [-0.39, 0.29) is 18.3 Å². The lowest BCUT2D eigenvalue weighted by Gasteiger charge is -2.32. The first kappa shape index (κ1) is 25.4. The first-order valence-corrected chi connectivity index (χ1v) is 13.6. The Kier molecular flexibility index (Phi) is 6.50. The molecule has 0 aromatic heterocycles. The van der Waals surface area contributed by atoms with Gasteiger partial charge in [-0.25, -0.2) is 0 Å². The lowest BCUT2D eigenvalue weighted by atomic mass is 9.78. The molecule has 0 radical (unpaired) electrons. The summed E-state index contributed by atoms with van der Waals surface area (Å²) in [5.41, 5.74) is 10.0. The van der Waals surface area contributed by atoms with Crippen LogP contribution in [0.15, 0.2) is 127 Å². The quantitative estimate of drug-likeness (QED) is 0.221. The molecule has 0 aliphatic carbocycles. The third-order valence-electron chi connectivity index (χ3n) is 8.15. The Balaban J connectivity index is 1.23. The minimum Gasteiger partial charge on any atom is -0.399 e. The van der Waals surface area contributed by atoms with E-state index >= 15 is 0 Å². The lowest BCUT2D eigenvalue weighted by molar-refractivity contribution is 0.00578. The minimum absolute atomic E-state index is 0.344. The molecular formula is C36H33BO2. The highest BCUT2D eigenvalue weighted by Crippen LogP contribution is 2.37. The molecule has 1 aliphatic rings. The maximum Gasteiger partial charge on any atom is 0.494 e. The standard InChI is InChI=1S/C36H33BO2/c1-35(2)36(3,4)39-37(38-35)34-22-20-29(21-23-34)31-13-9-15-33(25-31)32-14-8-12-30(24-32)28-18-16-27(17-19-28)26-10-6-5-7-11-26/h5-25H,1-4H3. The van der Waals surface area contributed by atoms with Crippen molar-refractivity contribution >= 4 is 12.6 Å². The minimum atomic E-state index is -0.347. The first-order valence-electron chi connectivity index (χ1n) is 13.6. The van der Waals surface area contributed by atoms with E-state index in [2.05, 4.69) is 155 Å². The molecule has 0 bridgehead atoms. The summed E-state index contributed by atoms with van der Waals surface area (Å²) < 4.78 is 12.5. The average Bonchev–Trinajstić information content (AvgIpc) is 3.20. The van der Waals surface area contributed by atoms with Crippen molar-refractivity contribution in [1.82, 2.24) is 0 Å². The summed E-state index contributed by atoms with van der Waals surface area (Å²) in [6.45, 7) is 8.34. The van der Waals surface area contributed by atoms with Crippen molar-refractivity contribution in [3.05, 3.63) is 127 Å². The predicted molar refractivity (Wildman–Crippen MR) is 164 cm³/mol. The maximum absolute atomic E-state index is 6.23. The zero-order valence-electron chi connectivity index (χ0n) is 23.0. The molecule has 0 N–H and O–H groups in total. The van der Waals surface area contributed by atoms with Crippen LogP contribution in [0.25, 0.3) is 44.5 Å². The summed E-state index contributed by atoms with van der Waals surface area (Å²) in [6, 6.07) is 45.4. The van der Waals surface area contributed by atoms with Crippen LogP contribution in [0, 0.1) is 0 Å². The lowest BCUT2D eigenvalue weighted by Crippen LogP contribution is -2.41. The zero-order valence-corrected chi connectivity index (χ0v) is 23.0. The van der Waals surface area contributed by atoms with Crippen molar-refractivity contribution in [3.8, 4) is 44.5 Å². The second kappa shape index (κ2) is 10.00. The molecule has 5 aromatic carbocycles. The van der Waals surface area contributed by atoms with E-state index in [4.69, 9.17) is 9.31 Å². The molecule has 192 valence electrons. The number of benzene rings is 5. The van der Waals surface area contributed by atoms with Gasteiger partial charge in [-0.15, -0.1) is 0 Å². The van der Waals surface area contributed by atoms with Gasteiger partial charge in [0.15, 0.2) is 0 Å². The molecule has 2 nitrogen and oxygen atoms in total. The highest BCUT2D eigenvalue weighted by molar-refractivity contribution is 6.62.